The lowest BCUT2D eigenvalue weighted by atomic mass is 9.94. The van der Waals surface area contributed by atoms with Crippen LogP contribution in [0.4, 0.5) is 5.69 Å². The van der Waals surface area contributed by atoms with Crippen LogP contribution >= 0.6 is 11.6 Å². The summed E-state index contributed by atoms with van der Waals surface area (Å²) in [6.07, 6.45) is 2.83. The van der Waals surface area contributed by atoms with Gasteiger partial charge >= 0.3 is 0 Å². The van der Waals surface area contributed by atoms with Gasteiger partial charge in [0.2, 0.25) is 0 Å². The summed E-state index contributed by atoms with van der Waals surface area (Å²) < 4.78 is 24.4. The quantitative estimate of drug-likeness (QED) is 0.354. The summed E-state index contributed by atoms with van der Waals surface area (Å²) in [5.41, 5.74) is 5.68. The second-order valence-electron chi connectivity index (χ2n) is 8.16. The predicted octanol–water partition coefficient (Wildman–Crippen LogP) is 6.34. The Kier molecular flexibility index (Phi) is 6.55. The van der Waals surface area contributed by atoms with Crippen LogP contribution in [0.3, 0.4) is 0 Å². The molecule has 0 atom stereocenters. The van der Waals surface area contributed by atoms with Crippen LogP contribution in [-0.4, -0.2) is 25.6 Å². The van der Waals surface area contributed by atoms with Crippen LogP contribution in [0.15, 0.2) is 83.9 Å². The maximum absolute atomic E-state index is 13.4. The van der Waals surface area contributed by atoms with Crippen molar-refractivity contribution in [2.75, 3.05) is 11.6 Å². The van der Waals surface area contributed by atoms with Crippen LogP contribution in [0.2, 0.25) is 5.02 Å². The SMILES string of the molecule is Cc1ccc(-c2cc(S(C)(=O)=O)ccc2C(=O)Nc2ccc(Cl)c(-c3ccccn3)c2)c(C)c1. The molecule has 0 saturated carbocycles. The molecule has 7 heteroatoms. The number of carbonyl (C=O) groups is 1. The van der Waals surface area contributed by atoms with Gasteiger partial charge in [-0.15, -0.1) is 0 Å². The second kappa shape index (κ2) is 9.41. The average Bonchev–Trinajstić information content (AvgIpc) is 2.80. The Morgan fingerprint density at radius 1 is 0.882 bits per heavy atom. The van der Waals surface area contributed by atoms with Gasteiger partial charge in [-0.3, -0.25) is 9.78 Å². The highest BCUT2D eigenvalue weighted by molar-refractivity contribution is 7.90. The number of rotatable bonds is 5. The molecule has 1 aromatic heterocycles. The van der Waals surface area contributed by atoms with Crippen molar-refractivity contribution in [3.8, 4) is 22.4 Å². The normalized spacial score (nSPS) is 11.3. The highest BCUT2D eigenvalue weighted by Gasteiger charge is 2.19. The molecule has 5 nitrogen and oxygen atoms in total. The van der Waals surface area contributed by atoms with E-state index in [-0.39, 0.29) is 10.8 Å². The molecule has 0 radical (unpaired) electrons. The van der Waals surface area contributed by atoms with Gasteiger partial charge in [-0.2, -0.15) is 0 Å². The molecule has 1 heterocycles. The van der Waals surface area contributed by atoms with Gasteiger partial charge < -0.3 is 5.32 Å². The number of carbonyl (C=O) groups excluding carboxylic acids is 1. The van der Waals surface area contributed by atoms with Crippen molar-refractivity contribution >= 4 is 33.0 Å². The van der Waals surface area contributed by atoms with Gasteiger partial charge in [-0.05, 0) is 79.1 Å². The van der Waals surface area contributed by atoms with Crippen molar-refractivity contribution < 1.29 is 13.2 Å². The molecule has 0 fully saturated rings. The number of hydrogen-bond acceptors (Lipinski definition) is 4. The van der Waals surface area contributed by atoms with E-state index in [2.05, 4.69) is 10.3 Å². The van der Waals surface area contributed by atoms with Crippen LogP contribution in [0.25, 0.3) is 22.4 Å². The number of pyridine rings is 1. The van der Waals surface area contributed by atoms with Gasteiger partial charge in [0.1, 0.15) is 0 Å². The molecular formula is C27H23ClN2O3S. The molecule has 0 unspecified atom stereocenters. The third kappa shape index (κ3) is 5.03. The van der Waals surface area contributed by atoms with Gasteiger partial charge in [-0.25, -0.2) is 8.42 Å². The zero-order valence-electron chi connectivity index (χ0n) is 19.0. The molecule has 0 bridgehead atoms. The summed E-state index contributed by atoms with van der Waals surface area (Å²) in [4.78, 5) is 17.9. The van der Waals surface area contributed by atoms with E-state index < -0.39 is 9.84 Å². The van der Waals surface area contributed by atoms with E-state index in [1.165, 1.54) is 6.07 Å². The smallest absolute Gasteiger partial charge is 0.256 e. The Labute approximate surface area is 204 Å². The molecule has 4 aromatic rings. The topological polar surface area (TPSA) is 76.1 Å². The van der Waals surface area contributed by atoms with Gasteiger partial charge in [0.05, 0.1) is 15.6 Å². The number of aromatic nitrogens is 1. The Morgan fingerprint density at radius 2 is 1.68 bits per heavy atom. The van der Waals surface area contributed by atoms with Crippen LogP contribution in [0, 0.1) is 13.8 Å². The number of benzene rings is 3. The number of nitrogens with one attached hydrogen (secondary N) is 1. The molecule has 3 aromatic carbocycles. The lowest BCUT2D eigenvalue weighted by Crippen LogP contribution is -2.14. The van der Waals surface area contributed by atoms with Crippen LogP contribution in [0.1, 0.15) is 21.5 Å². The molecule has 1 N–H and O–H groups in total. The minimum atomic E-state index is -3.45. The third-order valence-electron chi connectivity index (χ3n) is 5.50. The number of amides is 1. The second-order valence-corrected chi connectivity index (χ2v) is 10.6. The van der Waals surface area contributed by atoms with Gasteiger partial charge in [-0.1, -0.05) is 41.4 Å². The maximum atomic E-state index is 13.4. The van der Waals surface area contributed by atoms with Crippen LogP contribution in [-0.2, 0) is 9.84 Å². The number of hydrogen-bond donors (Lipinski definition) is 1. The zero-order chi connectivity index (χ0) is 24.5. The van der Waals surface area contributed by atoms with Gasteiger partial charge in [0.15, 0.2) is 9.84 Å². The fourth-order valence-corrected chi connectivity index (χ4v) is 4.67. The summed E-state index contributed by atoms with van der Waals surface area (Å²) in [6.45, 7) is 3.92. The Bertz CT molecular complexity index is 1500. The number of nitrogens with zero attached hydrogens (tertiary/aromatic N) is 1. The lowest BCUT2D eigenvalue weighted by molar-refractivity contribution is 0.102. The highest BCUT2D eigenvalue weighted by atomic mass is 35.5. The molecule has 172 valence electrons. The molecule has 0 saturated heterocycles. The van der Waals surface area contributed by atoms with Crippen LogP contribution < -0.4 is 5.32 Å². The van der Waals surface area contributed by atoms with Crippen molar-refractivity contribution in [1.82, 2.24) is 4.98 Å². The van der Waals surface area contributed by atoms with Crippen molar-refractivity contribution in [2.45, 2.75) is 18.7 Å². The number of sulfone groups is 1. The summed E-state index contributed by atoms with van der Waals surface area (Å²) >= 11 is 6.37. The summed E-state index contributed by atoms with van der Waals surface area (Å²) in [5.74, 6) is -0.357. The van der Waals surface area contributed by atoms with E-state index in [0.717, 1.165) is 22.9 Å². The average molecular weight is 491 g/mol. The lowest BCUT2D eigenvalue weighted by Gasteiger charge is -2.15. The third-order valence-corrected chi connectivity index (χ3v) is 6.94. The molecule has 0 aliphatic rings. The fourth-order valence-electron chi connectivity index (χ4n) is 3.81. The Hall–Kier alpha value is -3.48. The maximum Gasteiger partial charge on any atom is 0.256 e. The number of aryl methyl sites for hydroxylation is 2. The number of anilines is 1. The van der Waals surface area contributed by atoms with E-state index in [1.54, 1.807) is 36.5 Å². The first-order valence-corrected chi connectivity index (χ1v) is 12.8. The monoisotopic (exact) mass is 490 g/mol. The minimum Gasteiger partial charge on any atom is -0.322 e. The van der Waals surface area contributed by atoms with E-state index >= 15 is 0 Å². The minimum absolute atomic E-state index is 0.156. The van der Waals surface area contributed by atoms with E-state index in [9.17, 15) is 13.2 Å². The first-order chi connectivity index (χ1) is 16.1. The Morgan fingerprint density at radius 3 is 2.35 bits per heavy atom. The van der Waals surface area contributed by atoms with Crippen LogP contribution in [0.5, 0.6) is 0 Å². The van der Waals surface area contributed by atoms with E-state index in [4.69, 9.17) is 11.6 Å². The first kappa shape index (κ1) is 23.7. The fraction of sp³-hybridized carbons (Fsp3) is 0.111. The molecule has 0 aliphatic heterocycles. The molecule has 4 rings (SSSR count). The van der Waals surface area contributed by atoms with Gasteiger partial charge in [0.25, 0.3) is 5.91 Å². The zero-order valence-corrected chi connectivity index (χ0v) is 20.5. The molecule has 0 aliphatic carbocycles. The summed E-state index contributed by atoms with van der Waals surface area (Å²) in [7, 11) is -3.45. The molecule has 1 amide bonds. The predicted molar refractivity (Wildman–Crippen MR) is 137 cm³/mol. The summed E-state index contributed by atoms with van der Waals surface area (Å²) in [5, 5.41) is 3.44. The molecule has 0 spiro atoms. The van der Waals surface area contributed by atoms with Crippen molar-refractivity contribution in [2.24, 2.45) is 0 Å². The van der Waals surface area contributed by atoms with Crippen molar-refractivity contribution in [3.63, 3.8) is 0 Å². The summed E-state index contributed by atoms with van der Waals surface area (Å²) in [6, 6.07) is 21.1. The standard InChI is InChI=1S/C27H23ClN2O3S/c1-17-7-10-21(18(2)14-17)23-16-20(34(3,32)33)9-11-22(23)27(31)30-19-8-12-25(28)24(15-19)26-6-4-5-13-29-26/h4-16H,1-3H3,(H,30,31). The molecule has 34 heavy (non-hydrogen) atoms. The van der Waals surface area contributed by atoms with Crippen molar-refractivity contribution in [1.29, 1.82) is 0 Å². The van der Waals surface area contributed by atoms with E-state index in [0.29, 0.717) is 33.1 Å². The molecular weight excluding hydrogens is 468 g/mol. The largest absolute Gasteiger partial charge is 0.322 e. The number of halogens is 1. The van der Waals surface area contributed by atoms with Gasteiger partial charge in [0, 0.05) is 29.3 Å². The highest BCUT2D eigenvalue weighted by Crippen LogP contribution is 2.32. The Balaban J connectivity index is 1.77. The van der Waals surface area contributed by atoms with E-state index in [1.807, 2.05) is 50.2 Å². The first-order valence-electron chi connectivity index (χ1n) is 10.6. The van der Waals surface area contributed by atoms with Crippen molar-refractivity contribution in [3.05, 3.63) is 101 Å².